The Morgan fingerprint density at radius 2 is 2.17 bits per heavy atom. The Labute approximate surface area is 71.3 Å². The number of esters is 1. The molecule has 0 aromatic carbocycles. The molecular weight excluding hydrogens is 156 g/mol. The normalized spacial score (nSPS) is 18.2. The SMILES string of the molecule is CC(O)COC(=O)C1C=CC=C1. The maximum atomic E-state index is 11.1. The number of carbonyl (C=O) groups is 1. The summed E-state index contributed by atoms with van der Waals surface area (Å²) in [6.07, 6.45) is 6.51. The average molecular weight is 168 g/mol. The van der Waals surface area contributed by atoms with Crippen LogP contribution in [-0.2, 0) is 9.53 Å². The Morgan fingerprint density at radius 1 is 1.58 bits per heavy atom. The van der Waals surface area contributed by atoms with Crippen LogP contribution in [0.3, 0.4) is 0 Å². The molecule has 0 spiro atoms. The minimum Gasteiger partial charge on any atom is -0.462 e. The van der Waals surface area contributed by atoms with Crippen LogP contribution >= 0.6 is 0 Å². The summed E-state index contributed by atoms with van der Waals surface area (Å²) < 4.78 is 4.80. The van der Waals surface area contributed by atoms with Gasteiger partial charge < -0.3 is 9.84 Å². The molecule has 0 saturated carbocycles. The van der Waals surface area contributed by atoms with E-state index in [1.807, 2.05) is 0 Å². The largest absolute Gasteiger partial charge is 0.462 e. The molecule has 1 N–H and O–H groups in total. The van der Waals surface area contributed by atoms with E-state index in [1.54, 1.807) is 31.2 Å². The third-order valence-corrected chi connectivity index (χ3v) is 1.49. The fourth-order valence-electron chi connectivity index (χ4n) is 0.888. The number of ether oxygens (including phenoxy) is 1. The molecule has 3 nitrogen and oxygen atoms in total. The predicted molar refractivity (Wildman–Crippen MR) is 44.4 cm³/mol. The monoisotopic (exact) mass is 168 g/mol. The van der Waals surface area contributed by atoms with Gasteiger partial charge in [0.25, 0.3) is 0 Å². The topological polar surface area (TPSA) is 46.5 Å². The molecule has 66 valence electrons. The van der Waals surface area contributed by atoms with Crippen molar-refractivity contribution < 1.29 is 14.6 Å². The first-order chi connectivity index (χ1) is 5.70. The van der Waals surface area contributed by atoms with Crippen molar-refractivity contribution in [2.45, 2.75) is 13.0 Å². The van der Waals surface area contributed by atoms with Crippen molar-refractivity contribution in [2.24, 2.45) is 5.92 Å². The minimum atomic E-state index is -0.594. The van der Waals surface area contributed by atoms with Gasteiger partial charge in [0.2, 0.25) is 0 Å². The maximum Gasteiger partial charge on any atom is 0.316 e. The quantitative estimate of drug-likeness (QED) is 0.629. The molecule has 1 rings (SSSR count). The van der Waals surface area contributed by atoms with Crippen molar-refractivity contribution in [1.29, 1.82) is 0 Å². The van der Waals surface area contributed by atoms with Gasteiger partial charge in [-0.15, -0.1) is 0 Å². The highest BCUT2D eigenvalue weighted by Gasteiger charge is 2.15. The van der Waals surface area contributed by atoms with E-state index in [9.17, 15) is 4.79 Å². The molecule has 1 atom stereocenters. The van der Waals surface area contributed by atoms with Crippen LogP contribution in [0.4, 0.5) is 0 Å². The smallest absolute Gasteiger partial charge is 0.316 e. The molecule has 0 saturated heterocycles. The van der Waals surface area contributed by atoms with E-state index in [-0.39, 0.29) is 18.5 Å². The maximum absolute atomic E-state index is 11.1. The Bertz CT molecular complexity index is 204. The van der Waals surface area contributed by atoms with Gasteiger partial charge in [0.1, 0.15) is 6.61 Å². The molecule has 1 aliphatic rings. The van der Waals surface area contributed by atoms with Crippen LogP contribution in [0.15, 0.2) is 24.3 Å². The van der Waals surface area contributed by atoms with Crippen molar-refractivity contribution in [2.75, 3.05) is 6.61 Å². The summed E-state index contributed by atoms with van der Waals surface area (Å²) in [5, 5.41) is 8.83. The lowest BCUT2D eigenvalue weighted by Crippen LogP contribution is -2.19. The van der Waals surface area contributed by atoms with E-state index >= 15 is 0 Å². The molecule has 0 radical (unpaired) electrons. The van der Waals surface area contributed by atoms with Crippen LogP contribution in [-0.4, -0.2) is 23.8 Å². The summed E-state index contributed by atoms with van der Waals surface area (Å²) in [5.41, 5.74) is 0. The van der Waals surface area contributed by atoms with Gasteiger partial charge in [0, 0.05) is 0 Å². The molecule has 1 aliphatic carbocycles. The predicted octanol–water partition coefficient (Wildman–Crippen LogP) is 0.653. The Hall–Kier alpha value is -1.09. The summed E-state index contributed by atoms with van der Waals surface area (Å²) in [6.45, 7) is 1.64. The number of carbonyl (C=O) groups excluding carboxylic acids is 1. The van der Waals surface area contributed by atoms with Crippen LogP contribution in [0.25, 0.3) is 0 Å². The minimum absolute atomic E-state index is 0.0665. The van der Waals surface area contributed by atoms with Crippen LogP contribution in [0, 0.1) is 5.92 Å². The lowest BCUT2D eigenvalue weighted by atomic mass is 10.2. The molecule has 0 aromatic heterocycles. The molecule has 0 aliphatic heterocycles. The summed E-state index contributed by atoms with van der Waals surface area (Å²) in [7, 11) is 0. The lowest BCUT2D eigenvalue weighted by molar-refractivity contribution is -0.147. The van der Waals surface area contributed by atoms with E-state index < -0.39 is 6.10 Å². The second-order valence-electron chi connectivity index (χ2n) is 2.77. The highest BCUT2D eigenvalue weighted by atomic mass is 16.5. The van der Waals surface area contributed by atoms with Gasteiger partial charge in [-0.3, -0.25) is 4.79 Å². The molecule has 0 amide bonds. The zero-order chi connectivity index (χ0) is 8.97. The summed E-state index contributed by atoms with van der Waals surface area (Å²) in [4.78, 5) is 11.1. The van der Waals surface area contributed by atoms with Crippen LogP contribution in [0.5, 0.6) is 0 Å². The first kappa shape index (κ1) is 9.00. The number of aliphatic hydroxyl groups is 1. The van der Waals surface area contributed by atoms with Crippen LogP contribution in [0.1, 0.15) is 6.92 Å². The number of allylic oxidation sites excluding steroid dienone is 2. The van der Waals surface area contributed by atoms with Gasteiger partial charge in [-0.1, -0.05) is 24.3 Å². The van der Waals surface area contributed by atoms with Crippen LogP contribution in [0.2, 0.25) is 0 Å². The number of hydrogen-bond acceptors (Lipinski definition) is 3. The molecule has 0 bridgehead atoms. The van der Waals surface area contributed by atoms with E-state index in [4.69, 9.17) is 9.84 Å². The van der Waals surface area contributed by atoms with E-state index in [2.05, 4.69) is 0 Å². The first-order valence-electron chi connectivity index (χ1n) is 3.90. The van der Waals surface area contributed by atoms with Crippen molar-refractivity contribution in [3.63, 3.8) is 0 Å². The second-order valence-corrected chi connectivity index (χ2v) is 2.77. The molecule has 12 heavy (non-hydrogen) atoms. The Kier molecular flexibility index (Phi) is 3.05. The Morgan fingerprint density at radius 3 is 2.67 bits per heavy atom. The van der Waals surface area contributed by atoms with Gasteiger partial charge in [-0.05, 0) is 6.92 Å². The zero-order valence-electron chi connectivity index (χ0n) is 6.93. The molecule has 0 heterocycles. The molecule has 3 heteroatoms. The fourth-order valence-corrected chi connectivity index (χ4v) is 0.888. The number of rotatable bonds is 3. The number of hydrogen-bond donors (Lipinski definition) is 1. The lowest BCUT2D eigenvalue weighted by Gasteiger charge is -2.08. The fraction of sp³-hybridized carbons (Fsp3) is 0.444. The molecule has 0 aromatic rings. The van der Waals surface area contributed by atoms with E-state index in [1.165, 1.54) is 0 Å². The highest BCUT2D eigenvalue weighted by Crippen LogP contribution is 2.10. The summed E-state index contributed by atoms with van der Waals surface area (Å²) in [5.74, 6) is -0.565. The highest BCUT2D eigenvalue weighted by molar-refractivity contribution is 5.77. The molecular formula is C9H12O3. The zero-order valence-corrected chi connectivity index (χ0v) is 6.93. The van der Waals surface area contributed by atoms with Crippen molar-refractivity contribution in [1.82, 2.24) is 0 Å². The summed E-state index contributed by atoms with van der Waals surface area (Å²) in [6, 6.07) is 0. The van der Waals surface area contributed by atoms with Gasteiger partial charge in [0.15, 0.2) is 0 Å². The van der Waals surface area contributed by atoms with E-state index in [0.717, 1.165) is 0 Å². The third kappa shape index (κ3) is 2.51. The van der Waals surface area contributed by atoms with Gasteiger partial charge in [-0.25, -0.2) is 0 Å². The van der Waals surface area contributed by atoms with Gasteiger partial charge in [0.05, 0.1) is 12.0 Å². The third-order valence-electron chi connectivity index (χ3n) is 1.49. The second kappa shape index (κ2) is 4.07. The number of aliphatic hydroxyl groups excluding tert-OH is 1. The van der Waals surface area contributed by atoms with E-state index in [0.29, 0.717) is 0 Å². The van der Waals surface area contributed by atoms with Gasteiger partial charge >= 0.3 is 5.97 Å². The van der Waals surface area contributed by atoms with Crippen molar-refractivity contribution >= 4 is 5.97 Å². The average Bonchev–Trinajstić information content (AvgIpc) is 2.51. The van der Waals surface area contributed by atoms with Crippen molar-refractivity contribution in [3.8, 4) is 0 Å². The Balaban J connectivity index is 2.29. The van der Waals surface area contributed by atoms with Crippen molar-refractivity contribution in [3.05, 3.63) is 24.3 Å². The summed E-state index contributed by atoms with van der Waals surface area (Å²) >= 11 is 0. The van der Waals surface area contributed by atoms with Crippen LogP contribution < -0.4 is 0 Å². The molecule has 1 unspecified atom stereocenters. The molecule has 0 fully saturated rings. The standard InChI is InChI=1S/C9H12O3/c1-7(10)6-12-9(11)8-4-2-3-5-8/h2-5,7-8,10H,6H2,1H3. The van der Waals surface area contributed by atoms with Gasteiger partial charge in [-0.2, -0.15) is 0 Å². The first-order valence-corrected chi connectivity index (χ1v) is 3.90.